The Morgan fingerprint density at radius 2 is 2.08 bits per heavy atom. The molecule has 24 heavy (non-hydrogen) atoms. The molecule has 0 aliphatic heterocycles. The Kier molecular flexibility index (Phi) is 5.95. The van der Waals surface area contributed by atoms with Crippen LogP contribution in [0.15, 0.2) is 4.99 Å². The third-order valence-electron chi connectivity index (χ3n) is 3.40. The maximum atomic E-state index is 12.5. The summed E-state index contributed by atoms with van der Waals surface area (Å²) in [5, 5.41) is 2.90. The molecule has 0 unspecified atom stereocenters. The van der Waals surface area contributed by atoms with Crippen molar-refractivity contribution in [1.82, 2.24) is 15.2 Å². The van der Waals surface area contributed by atoms with Gasteiger partial charge in [-0.1, -0.05) is 13.8 Å². The summed E-state index contributed by atoms with van der Waals surface area (Å²) in [6.07, 6.45) is -0.0193. The first-order valence-electron chi connectivity index (χ1n) is 7.84. The first kappa shape index (κ1) is 18.4. The normalized spacial score (nSPS) is 16.2. The number of ketones is 2. The number of rotatable bonds is 6. The molecule has 0 aromatic carbocycles. The lowest BCUT2D eigenvalue weighted by Crippen LogP contribution is -2.28. The molecule has 0 bridgehead atoms. The Morgan fingerprint density at radius 3 is 2.71 bits per heavy atom. The molecule has 1 aliphatic carbocycles. The maximum absolute atomic E-state index is 12.5. The molecule has 0 radical (unpaired) electrons. The number of nitrogens with zero attached hydrogens (tertiary/aromatic N) is 3. The summed E-state index contributed by atoms with van der Waals surface area (Å²) in [5.74, 6) is -0.590. The Balaban J connectivity index is 2.18. The van der Waals surface area contributed by atoms with Crippen LogP contribution in [-0.2, 0) is 0 Å². The van der Waals surface area contributed by atoms with E-state index >= 15 is 0 Å². The van der Waals surface area contributed by atoms with E-state index in [1.807, 2.05) is 32.8 Å². The standard InChI is InChI=1S/C16H22N4O3S/c1-9(2)8-18-15(23)16-19-12-13(22)10(17-5-6-20(3)4)7-11(21)14(12)24-16/h9H,5-8H2,1-4H3,(H,18,23). The number of amides is 1. The van der Waals surface area contributed by atoms with E-state index in [0.717, 1.165) is 11.3 Å². The summed E-state index contributed by atoms with van der Waals surface area (Å²) < 4.78 is 0. The Labute approximate surface area is 145 Å². The summed E-state index contributed by atoms with van der Waals surface area (Å²) in [7, 11) is 3.82. The monoisotopic (exact) mass is 350 g/mol. The fourth-order valence-corrected chi connectivity index (χ4v) is 3.01. The molecule has 130 valence electrons. The molecule has 0 saturated heterocycles. The van der Waals surface area contributed by atoms with Crippen LogP contribution in [0.25, 0.3) is 0 Å². The average molecular weight is 350 g/mol. The number of carbonyl (C=O) groups is 3. The van der Waals surface area contributed by atoms with Crippen LogP contribution in [0, 0.1) is 5.92 Å². The second kappa shape index (κ2) is 7.76. The van der Waals surface area contributed by atoms with Crippen molar-refractivity contribution in [2.24, 2.45) is 10.9 Å². The zero-order chi connectivity index (χ0) is 17.9. The molecule has 2 rings (SSSR count). The molecule has 7 nitrogen and oxygen atoms in total. The zero-order valence-electron chi connectivity index (χ0n) is 14.4. The highest BCUT2D eigenvalue weighted by Gasteiger charge is 2.34. The molecule has 1 aromatic rings. The molecule has 1 aliphatic rings. The zero-order valence-corrected chi connectivity index (χ0v) is 15.2. The number of nitrogens with one attached hydrogen (secondary N) is 1. The average Bonchev–Trinajstić information content (AvgIpc) is 2.95. The van der Waals surface area contributed by atoms with Crippen LogP contribution >= 0.6 is 11.3 Å². The molecule has 1 aromatic heterocycles. The van der Waals surface area contributed by atoms with Crippen LogP contribution in [0.5, 0.6) is 0 Å². The van der Waals surface area contributed by atoms with Crippen molar-refractivity contribution in [3.63, 3.8) is 0 Å². The van der Waals surface area contributed by atoms with Gasteiger partial charge in [0, 0.05) is 13.1 Å². The van der Waals surface area contributed by atoms with E-state index in [4.69, 9.17) is 0 Å². The van der Waals surface area contributed by atoms with Crippen LogP contribution in [-0.4, -0.2) is 66.8 Å². The number of hydrogen-bond donors (Lipinski definition) is 1. The smallest absolute Gasteiger partial charge is 0.280 e. The largest absolute Gasteiger partial charge is 0.350 e. The van der Waals surface area contributed by atoms with Crippen LogP contribution in [0.1, 0.15) is 50.2 Å². The molecular formula is C16H22N4O3S. The molecule has 0 saturated carbocycles. The van der Waals surface area contributed by atoms with Gasteiger partial charge < -0.3 is 10.2 Å². The predicted octanol–water partition coefficient (Wildman–Crippen LogP) is 1.30. The molecule has 0 atom stereocenters. The first-order valence-corrected chi connectivity index (χ1v) is 8.66. The number of fused-ring (bicyclic) bond motifs is 1. The van der Waals surface area contributed by atoms with Crippen molar-refractivity contribution >= 4 is 34.5 Å². The van der Waals surface area contributed by atoms with Gasteiger partial charge in [0.1, 0.15) is 10.6 Å². The van der Waals surface area contributed by atoms with Gasteiger partial charge in [-0.05, 0) is 20.0 Å². The second-order valence-electron chi connectivity index (χ2n) is 6.36. The summed E-state index contributed by atoms with van der Waals surface area (Å²) in [4.78, 5) is 47.3. The fourth-order valence-electron chi connectivity index (χ4n) is 2.09. The minimum absolute atomic E-state index is 0.0193. The molecule has 1 N–H and O–H groups in total. The van der Waals surface area contributed by atoms with Crippen LogP contribution in [0.4, 0.5) is 0 Å². The molecule has 8 heteroatoms. The van der Waals surface area contributed by atoms with E-state index in [1.54, 1.807) is 0 Å². The lowest BCUT2D eigenvalue weighted by Gasteiger charge is -2.11. The minimum Gasteiger partial charge on any atom is -0.350 e. The van der Waals surface area contributed by atoms with Crippen LogP contribution in [0.3, 0.4) is 0 Å². The first-order chi connectivity index (χ1) is 11.3. The van der Waals surface area contributed by atoms with Gasteiger partial charge in [-0.2, -0.15) is 0 Å². The van der Waals surface area contributed by atoms with E-state index in [-0.39, 0.29) is 45.2 Å². The van der Waals surface area contributed by atoms with E-state index < -0.39 is 0 Å². The van der Waals surface area contributed by atoms with Gasteiger partial charge in [0.15, 0.2) is 10.8 Å². The summed E-state index contributed by atoms with van der Waals surface area (Å²) in [5.41, 5.74) is 0.295. The lowest BCUT2D eigenvalue weighted by molar-refractivity contribution is 0.0945. The van der Waals surface area contributed by atoms with Crippen molar-refractivity contribution in [3.05, 3.63) is 15.6 Å². The minimum atomic E-state index is -0.352. The number of aliphatic imine (C=N–C) groups is 1. The van der Waals surface area contributed by atoms with Crippen LogP contribution < -0.4 is 5.32 Å². The van der Waals surface area contributed by atoms with Crippen molar-refractivity contribution in [3.8, 4) is 0 Å². The van der Waals surface area contributed by atoms with Gasteiger partial charge in [-0.25, -0.2) is 4.98 Å². The molecule has 1 amide bonds. The predicted molar refractivity (Wildman–Crippen MR) is 93.4 cm³/mol. The molecule has 1 heterocycles. The SMILES string of the molecule is CC(C)CNC(=O)c1nc2c(s1)C(=O)CC(=NCCN(C)C)C2=O. The van der Waals surface area contributed by atoms with Crippen LogP contribution in [0.2, 0.25) is 0 Å². The third-order valence-corrected chi connectivity index (χ3v) is 4.50. The third kappa shape index (κ3) is 4.33. The molecule has 0 fully saturated rings. The summed E-state index contributed by atoms with van der Waals surface area (Å²) >= 11 is 0.981. The number of aromatic nitrogens is 1. The van der Waals surface area contributed by atoms with Gasteiger partial charge in [0.25, 0.3) is 5.91 Å². The van der Waals surface area contributed by atoms with Gasteiger partial charge >= 0.3 is 0 Å². The Morgan fingerprint density at radius 1 is 1.38 bits per heavy atom. The Hall–Kier alpha value is -1.93. The molecule has 0 spiro atoms. The number of carbonyl (C=O) groups excluding carboxylic acids is 3. The maximum Gasteiger partial charge on any atom is 0.280 e. The molecular weight excluding hydrogens is 328 g/mol. The van der Waals surface area contributed by atoms with Gasteiger partial charge in [0.05, 0.1) is 18.7 Å². The summed E-state index contributed by atoms with van der Waals surface area (Å²) in [6, 6.07) is 0. The fraction of sp³-hybridized carbons (Fsp3) is 0.562. The highest BCUT2D eigenvalue weighted by Crippen LogP contribution is 2.26. The quantitative estimate of drug-likeness (QED) is 0.835. The van der Waals surface area contributed by atoms with Crippen molar-refractivity contribution in [2.75, 3.05) is 33.7 Å². The topological polar surface area (TPSA) is 91.7 Å². The van der Waals surface area contributed by atoms with Crippen molar-refractivity contribution < 1.29 is 14.4 Å². The number of hydrogen-bond acceptors (Lipinski definition) is 7. The van der Waals surface area contributed by atoms with E-state index in [1.165, 1.54) is 0 Å². The van der Waals surface area contributed by atoms with Crippen molar-refractivity contribution in [2.45, 2.75) is 20.3 Å². The van der Waals surface area contributed by atoms with Gasteiger partial charge in [-0.3, -0.25) is 19.4 Å². The number of likely N-dealkylation sites (N-methyl/N-ethyl adjacent to an activating group) is 1. The highest BCUT2D eigenvalue weighted by atomic mass is 32.1. The van der Waals surface area contributed by atoms with E-state index in [9.17, 15) is 14.4 Å². The lowest BCUT2D eigenvalue weighted by atomic mass is 9.98. The Bertz CT molecular complexity index is 691. The highest BCUT2D eigenvalue weighted by molar-refractivity contribution is 7.16. The van der Waals surface area contributed by atoms with Gasteiger partial charge in [0.2, 0.25) is 5.78 Å². The second-order valence-corrected chi connectivity index (χ2v) is 7.36. The van der Waals surface area contributed by atoms with Crippen molar-refractivity contribution in [1.29, 1.82) is 0 Å². The number of thiazole rings is 1. The summed E-state index contributed by atoms with van der Waals surface area (Å²) in [6.45, 7) is 5.62. The van der Waals surface area contributed by atoms with E-state index in [0.29, 0.717) is 25.6 Å². The number of Topliss-reactive ketones (excluding diaryl/α,β-unsaturated/α-hetero) is 2. The van der Waals surface area contributed by atoms with E-state index in [2.05, 4.69) is 15.3 Å². The van der Waals surface area contributed by atoms with Gasteiger partial charge in [-0.15, -0.1) is 11.3 Å².